The molecule has 16 heteroatoms. The number of nitrogens with one attached hydrogen (secondary N) is 4. The van der Waals surface area contributed by atoms with E-state index in [0.29, 0.717) is 50.4 Å². The highest BCUT2D eigenvalue weighted by Crippen LogP contribution is 2.47. The second-order valence-corrected chi connectivity index (χ2v) is 18.4. The SMILES string of the molecule is BN[C@@H](CCCCOCc1ccccc1)C(=O)N[C@@H](CCS(C)(=O)=O)C(=O)NC1CCCCC1CCC(=O)NCP(=O)(Oc1ccccc1)Oc1ccccc1. The summed E-state index contributed by atoms with van der Waals surface area (Å²) >= 11 is 0. The fourth-order valence-corrected chi connectivity index (χ4v) is 8.67. The summed E-state index contributed by atoms with van der Waals surface area (Å²) in [5.41, 5.74) is 1.09. The zero-order chi connectivity index (χ0) is 40.2. The molecule has 1 saturated carbocycles. The Morgan fingerprint density at radius 2 is 1.43 bits per heavy atom. The van der Waals surface area contributed by atoms with Gasteiger partial charge in [-0.05, 0) is 80.7 Å². The molecule has 3 aromatic rings. The number of benzene rings is 3. The molecule has 1 fully saturated rings. The maximum atomic E-state index is 13.8. The highest BCUT2D eigenvalue weighted by atomic mass is 32.2. The number of ether oxygens (including phenoxy) is 1. The van der Waals surface area contributed by atoms with Crippen LogP contribution in [0.25, 0.3) is 0 Å². The van der Waals surface area contributed by atoms with E-state index in [-0.39, 0.29) is 48.7 Å². The number of sulfone groups is 1. The third-order valence-electron chi connectivity index (χ3n) is 9.64. The van der Waals surface area contributed by atoms with E-state index in [9.17, 15) is 27.4 Å². The molecule has 1 aliphatic rings. The number of hydrogen-bond donors (Lipinski definition) is 4. The molecule has 13 nitrogen and oxygen atoms in total. The van der Waals surface area contributed by atoms with Gasteiger partial charge < -0.3 is 35.0 Å². The fraction of sp³-hybridized carbons (Fsp3) is 0.475. The van der Waals surface area contributed by atoms with Crippen molar-refractivity contribution >= 4 is 43.1 Å². The molecule has 3 aromatic carbocycles. The molecule has 1 aliphatic carbocycles. The van der Waals surface area contributed by atoms with Gasteiger partial charge in [0.1, 0.15) is 33.7 Å². The van der Waals surface area contributed by atoms with Gasteiger partial charge in [0.2, 0.25) is 17.7 Å². The van der Waals surface area contributed by atoms with Gasteiger partial charge in [0.15, 0.2) is 7.98 Å². The lowest BCUT2D eigenvalue weighted by molar-refractivity contribution is -0.130. The predicted molar refractivity (Wildman–Crippen MR) is 220 cm³/mol. The standard InChI is InChI=1S/C40H56BN4O9PS/c1-56(50,51)28-26-36(44-40(48)37(45-41)23-13-14-27-52-29-31-15-5-2-6-16-31)39(47)43-35-22-12-11-17-32(35)24-25-38(46)42-30-55(49,53-33-18-7-3-8-19-33)54-34-20-9-4-10-21-34/h2-10,15-16,18-21,32,35-37,45H,11-14,17,22-30,41H2,1H3,(H,42,46)(H,43,47)(H,44,48)/t32?,35?,36-,37-/m0/s1. The van der Waals surface area contributed by atoms with Crippen LogP contribution in [0, 0.1) is 5.92 Å². The fourth-order valence-electron chi connectivity index (χ4n) is 6.58. The van der Waals surface area contributed by atoms with Crippen molar-refractivity contribution in [3.8, 4) is 11.5 Å². The minimum absolute atomic E-state index is 0.0354. The molecule has 4 N–H and O–H groups in total. The van der Waals surface area contributed by atoms with Crippen LogP contribution < -0.4 is 30.2 Å². The van der Waals surface area contributed by atoms with Crippen molar-refractivity contribution in [2.75, 3.05) is 24.9 Å². The Balaban J connectivity index is 1.29. The normalized spacial score (nSPS) is 16.9. The van der Waals surface area contributed by atoms with Crippen LogP contribution in [0.3, 0.4) is 0 Å². The molecule has 0 saturated heterocycles. The lowest BCUT2D eigenvalue weighted by Gasteiger charge is -2.33. The van der Waals surface area contributed by atoms with Gasteiger partial charge in [-0.2, -0.15) is 0 Å². The highest BCUT2D eigenvalue weighted by Gasteiger charge is 2.33. The molecule has 56 heavy (non-hydrogen) atoms. The molecule has 3 amide bonds. The second-order valence-electron chi connectivity index (χ2n) is 14.2. The third-order valence-corrected chi connectivity index (χ3v) is 12.1. The summed E-state index contributed by atoms with van der Waals surface area (Å²) in [5, 5.41) is 11.6. The number of carbonyl (C=O) groups excluding carboxylic acids is 3. The summed E-state index contributed by atoms with van der Waals surface area (Å²) in [7, 11) is -5.59. The van der Waals surface area contributed by atoms with Crippen molar-refractivity contribution < 1.29 is 41.2 Å². The summed E-state index contributed by atoms with van der Waals surface area (Å²) in [4.78, 5) is 40.2. The topological polar surface area (TPSA) is 178 Å². The molecule has 0 heterocycles. The van der Waals surface area contributed by atoms with Gasteiger partial charge in [-0.15, -0.1) is 0 Å². The van der Waals surface area contributed by atoms with Crippen LogP contribution in [0.15, 0.2) is 91.0 Å². The molecule has 0 bridgehead atoms. The van der Waals surface area contributed by atoms with Crippen molar-refractivity contribution in [2.45, 2.75) is 88.9 Å². The lowest BCUT2D eigenvalue weighted by atomic mass is 9.81. The Labute approximate surface area is 332 Å². The maximum absolute atomic E-state index is 13.8. The van der Waals surface area contributed by atoms with E-state index in [1.54, 1.807) is 68.6 Å². The Morgan fingerprint density at radius 3 is 2.04 bits per heavy atom. The summed E-state index contributed by atoms with van der Waals surface area (Å²) in [5.74, 6) is -0.795. The first kappa shape index (κ1) is 44.5. The van der Waals surface area contributed by atoms with Gasteiger partial charge in [-0.25, -0.2) is 13.0 Å². The van der Waals surface area contributed by atoms with Crippen molar-refractivity contribution in [1.82, 2.24) is 21.2 Å². The van der Waals surface area contributed by atoms with E-state index in [2.05, 4.69) is 21.2 Å². The number of unbranched alkanes of at least 4 members (excludes halogenated alkanes) is 1. The van der Waals surface area contributed by atoms with Gasteiger partial charge in [-0.3, -0.25) is 14.4 Å². The number of hydrogen-bond acceptors (Lipinski definition) is 10. The van der Waals surface area contributed by atoms with Crippen LogP contribution in [0.4, 0.5) is 0 Å². The van der Waals surface area contributed by atoms with Gasteiger partial charge in [0.05, 0.1) is 18.4 Å². The van der Waals surface area contributed by atoms with E-state index in [1.807, 2.05) is 30.3 Å². The summed E-state index contributed by atoms with van der Waals surface area (Å²) in [6.07, 6.45) is 6.49. The minimum Gasteiger partial charge on any atom is -0.415 e. The Bertz CT molecular complexity index is 1760. The van der Waals surface area contributed by atoms with E-state index < -0.39 is 35.4 Å². The molecule has 0 aliphatic heterocycles. The van der Waals surface area contributed by atoms with E-state index in [0.717, 1.165) is 37.5 Å². The molecule has 304 valence electrons. The van der Waals surface area contributed by atoms with Gasteiger partial charge in [0, 0.05) is 25.3 Å². The molecular weight excluding hydrogens is 754 g/mol. The Morgan fingerprint density at radius 1 is 0.821 bits per heavy atom. The molecule has 0 spiro atoms. The van der Waals surface area contributed by atoms with Crippen molar-refractivity contribution in [1.29, 1.82) is 0 Å². The first-order chi connectivity index (χ1) is 26.9. The van der Waals surface area contributed by atoms with E-state index in [1.165, 1.54) is 0 Å². The molecule has 0 radical (unpaired) electrons. The first-order valence-electron chi connectivity index (χ1n) is 19.4. The number of rotatable bonds is 24. The average molecular weight is 811 g/mol. The van der Waals surface area contributed by atoms with Crippen molar-refractivity contribution in [3.05, 3.63) is 96.6 Å². The molecule has 4 atom stereocenters. The minimum atomic E-state index is -3.85. The number of amides is 3. The van der Waals surface area contributed by atoms with Crippen LogP contribution in [0.5, 0.6) is 11.5 Å². The first-order valence-corrected chi connectivity index (χ1v) is 23.1. The Hall–Kier alpha value is -4.17. The van der Waals surface area contributed by atoms with Crippen LogP contribution in [-0.4, -0.2) is 77.1 Å². The van der Waals surface area contributed by atoms with E-state index in [4.69, 9.17) is 13.8 Å². The average Bonchev–Trinajstić information content (AvgIpc) is 3.18. The molecule has 4 rings (SSSR count). The summed E-state index contributed by atoms with van der Waals surface area (Å²) < 4.78 is 55.3. The summed E-state index contributed by atoms with van der Waals surface area (Å²) in [6, 6.07) is 25.2. The number of carbonyl (C=O) groups is 3. The van der Waals surface area contributed by atoms with Crippen LogP contribution >= 0.6 is 7.60 Å². The van der Waals surface area contributed by atoms with Gasteiger partial charge in [-0.1, -0.05) is 79.6 Å². The van der Waals surface area contributed by atoms with Gasteiger partial charge >= 0.3 is 7.60 Å². The van der Waals surface area contributed by atoms with Crippen molar-refractivity contribution in [3.63, 3.8) is 0 Å². The van der Waals surface area contributed by atoms with Crippen LogP contribution in [-0.2, 0) is 40.1 Å². The second kappa shape index (κ2) is 23.2. The lowest BCUT2D eigenvalue weighted by Crippen LogP contribution is -2.55. The largest absolute Gasteiger partial charge is 0.449 e. The molecule has 0 aromatic heterocycles. The third kappa shape index (κ3) is 16.5. The molecular formula is C40H56BN4O9PS. The Kier molecular flexibility index (Phi) is 18.4. The maximum Gasteiger partial charge on any atom is 0.449 e. The van der Waals surface area contributed by atoms with Crippen molar-refractivity contribution in [2.24, 2.45) is 5.92 Å². The smallest absolute Gasteiger partial charge is 0.415 e. The quantitative estimate of drug-likeness (QED) is 0.0565. The van der Waals surface area contributed by atoms with Gasteiger partial charge in [0.25, 0.3) is 0 Å². The molecule has 2 unspecified atom stereocenters. The highest BCUT2D eigenvalue weighted by molar-refractivity contribution is 7.90. The summed E-state index contributed by atoms with van der Waals surface area (Å²) in [6.45, 7) is 1.06. The van der Waals surface area contributed by atoms with Crippen LogP contribution in [0.2, 0.25) is 0 Å². The zero-order valence-corrected chi connectivity index (χ0v) is 34.1. The number of para-hydroxylation sites is 2. The van der Waals surface area contributed by atoms with E-state index >= 15 is 0 Å². The zero-order valence-electron chi connectivity index (χ0n) is 32.4. The monoisotopic (exact) mass is 810 g/mol. The van der Waals surface area contributed by atoms with Crippen LogP contribution in [0.1, 0.15) is 69.8 Å². The predicted octanol–water partition coefficient (Wildman–Crippen LogP) is 4.68.